The second-order valence-electron chi connectivity index (χ2n) is 32.1. The number of halogens is 2. The number of nitrogens with two attached hydrogens (primary N) is 1. The maximum absolute atomic E-state index is 16.4. The predicted molar refractivity (Wildman–Crippen MR) is 445 cm³/mol. The van der Waals surface area contributed by atoms with Gasteiger partial charge >= 0.3 is 12.1 Å². The number of primary amides is 1. The Morgan fingerprint density at radius 2 is 1.35 bits per heavy atom. The molecule has 0 unspecified atom stereocenters. The first-order valence-electron chi connectivity index (χ1n) is 40.8. The van der Waals surface area contributed by atoms with Crippen LogP contribution in [-0.4, -0.2) is 220 Å². The molecule has 3 fully saturated rings. The van der Waals surface area contributed by atoms with Crippen LogP contribution < -0.4 is 77.3 Å². The molecule has 0 spiro atoms. The number of aliphatic hydroxyl groups excluding tert-OH is 5. The number of benzene rings is 6. The summed E-state index contributed by atoms with van der Waals surface area (Å²) in [6.45, 7) is 8.24. The van der Waals surface area contributed by atoms with E-state index in [2.05, 4.69) is 59.5 Å². The number of carbonyl (C=O) groups is 9. The normalized spacial score (nSPS) is 26.4. The number of amides is 8. The van der Waals surface area contributed by atoms with E-state index >= 15 is 24.0 Å². The molecule has 8 heterocycles. The number of phenols is 3. The van der Waals surface area contributed by atoms with Gasteiger partial charge in [0.2, 0.25) is 63.4 Å². The highest BCUT2D eigenvalue weighted by Gasteiger charge is 2.56. The SMILES string of the molecule is CCCCCOc1ccc(S(=O)(=O)NCCCCCNCc2c(O)cc3c(c2O)-c2cc(ccc2O)[C@H]2NC(=O)[C@@H]4NC(=O)[C@H](CC(N)=O)NC(=O)[C@H](NC(=O)[C@@H](CC(C)C)NC)[C@H](O)c5ccc(c(Cl)c5)Oc5cc4cc(c5O[C@@H]4O[C@H](CO)[C@@H](O)[C@H](O)[C@H]4O[C@H]4C[C@]5(C)NC(=O)O[C@@H]5[C@H](C)O4)Oc4ccc(cc4Cl)[C@@H](O)[C@H](NC2=O)C(=O)N[C@@H]3C(=O)O)cc1. The fourth-order valence-electron chi connectivity index (χ4n) is 15.7. The summed E-state index contributed by atoms with van der Waals surface area (Å²) in [6.07, 6.45) is -15.0. The van der Waals surface area contributed by atoms with Crippen LogP contribution in [-0.2, 0) is 73.9 Å². The fourth-order valence-corrected chi connectivity index (χ4v) is 17.3. The summed E-state index contributed by atoms with van der Waals surface area (Å²) in [5, 5.41) is 130. The number of hydrogen-bond acceptors (Lipinski definition) is 29. The molecular formula is C84H101Cl2N11O28S. The Balaban J connectivity index is 0.983. The number of nitrogens with one attached hydrogen (secondary N) is 10. The molecule has 8 aliphatic heterocycles. The smallest absolute Gasteiger partial charge is 0.408 e. The van der Waals surface area contributed by atoms with Gasteiger partial charge in [0.25, 0.3) is 0 Å². The van der Waals surface area contributed by atoms with Gasteiger partial charge in [-0.05, 0) is 160 Å². The molecule has 6 aromatic carbocycles. The highest BCUT2D eigenvalue weighted by molar-refractivity contribution is 7.89. The summed E-state index contributed by atoms with van der Waals surface area (Å²) in [7, 11) is -2.44. The van der Waals surface area contributed by atoms with E-state index < -0.39 is 259 Å². The molecule has 6 aromatic rings. The van der Waals surface area contributed by atoms with Crippen molar-refractivity contribution in [3.63, 3.8) is 0 Å². The lowest BCUT2D eigenvalue weighted by atomic mass is 9.86. The molecule has 0 saturated carbocycles. The Bertz CT molecular complexity index is 5210. The van der Waals surface area contributed by atoms with Crippen LogP contribution >= 0.6 is 23.2 Å². The predicted octanol–water partition coefficient (Wildman–Crippen LogP) is 3.70. The zero-order valence-electron chi connectivity index (χ0n) is 69.1. The van der Waals surface area contributed by atoms with Crippen LogP contribution in [0.4, 0.5) is 4.79 Å². The van der Waals surface area contributed by atoms with E-state index in [1.807, 2.05) is 13.8 Å². The zero-order chi connectivity index (χ0) is 91.1. The third kappa shape index (κ3) is 21.3. The number of rotatable bonds is 28. The summed E-state index contributed by atoms with van der Waals surface area (Å²) in [6, 6.07) is 4.16. The van der Waals surface area contributed by atoms with Gasteiger partial charge in [0.1, 0.15) is 95.2 Å². The summed E-state index contributed by atoms with van der Waals surface area (Å²) in [5.41, 5.74) is 1.22. The van der Waals surface area contributed by atoms with Gasteiger partial charge in [-0.3, -0.25) is 33.6 Å². The van der Waals surface area contributed by atoms with Crippen molar-refractivity contribution in [2.75, 3.05) is 33.4 Å². The molecule has 11 bridgehead atoms. The molecule has 21 N–H and O–H groups in total. The number of carbonyl (C=O) groups excluding carboxylic acids is 8. The number of sulfonamides is 1. The van der Waals surface area contributed by atoms with Crippen LogP contribution in [0.2, 0.25) is 10.0 Å². The zero-order valence-corrected chi connectivity index (χ0v) is 71.4. The largest absolute Gasteiger partial charge is 0.507 e. The lowest BCUT2D eigenvalue weighted by Crippen LogP contribution is -2.63. The van der Waals surface area contributed by atoms with Crippen LogP contribution in [0.25, 0.3) is 11.1 Å². The van der Waals surface area contributed by atoms with E-state index in [0.717, 1.165) is 79.9 Å². The minimum Gasteiger partial charge on any atom is -0.507 e. The van der Waals surface area contributed by atoms with Crippen molar-refractivity contribution in [3.05, 3.63) is 140 Å². The van der Waals surface area contributed by atoms with Crippen molar-refractivity contribution in [2.45, 2.75) is 213 Å². The van der Waals surface area contributed by atoms with E-state index in [0.29, 0.717) is 31.6 Å². The standard InChI is InChI=1S/C84H101Cl2N11O28S/c1-7-8-12-25-118-43-16-18-44(19-17-43)126(116,117)90-24-11-9-10-23-89-35-47-53(100)32-46-61(69(47)104)45-27-39(13-20-52(45)99)62-77(109)96-66(80(112)94-64(46)81(113)114)68(103)41-15-22-55(49(86)29-41)121-57-31-42-30-56(72(57)124-82-73(71(106)70(105)58(36-98)122-82)123-60-34-84(5)74(38(4)119-60)125-83(115)97-84)120-54-21-14-40(28-48(54)85)67(102)65(95-75(107)50(88-6)26-37(2)3)79(111)91-51(33-59(87)101)76(108)92-63(42)78(110)93-62/h13-22,27-32,37-38,50-51,58,60,62-68,70-71,73-74,82,88-90,98-100,102-106H,7-12,23-26,33-36H2,1-6H3,(H2,87,101)(H,91,111)(H,92,108)(H,93,110)(H,94,112)(H,95,107)(H,96,109)(H,97,115)(H,113,114)/t38-,50+,51-,58+,60-,62+,63+,64-,65+,66-,67+,68+,70+,71-,73+,74+,82-,84-/m0/s1. The van der Waals surface area contributed by atoms with Crippen molar-refractivity contribution in [2.24, 2.45) is 11.7 Å². The van der Waals surface area contributed by atoms with Crippen LogP contribution in [0.3, 0.4) is 0 Å². The van der Waals surface area contributed by atoms with Gasteiger partial charge in [0.15, 0.2) is 36.0 Å². The highest BCUT2D eigenvalue weighted by Crippen LogP contribution is 2.51. The average molecular weight is 1820 g/mol. The molecule has 3 saturated heterocycles. The van der Waals surface area contributed by atoms with E-state index in [1.165, 1.54) is 31.3 Å². The van der Waals surface area contributed by atoms with Gasteiger partial charge in [-0.1, -0.05) is 81.4 Å². The van der Waals surface area contributed by atoms with Crippen LogP contribution in [0.1, 0.15) is 156 Å². The number of carboxylic acid groups (broad SMARTS) is 1. The Morgan fingerprint density at radius 1 is 0.706 bits per heavy atom. The van der Waals surface area contributed by atoms with Gasteiger partial charge in [-0.15, -0.1) is 0 Å². The van der Waals surface area contributed by atoms with Gasteiger partial charge in [0, 0.05) is 36.2 Å². The number of aliphatic hydroxyl groups is 5. The van der Waals surface area contributed by atoms with Crippen molar-refractivity contribution in [1.29, 1.82) is 0 Å². The number of aliphatic carboxylic acids is 1. The molecule has 0 aromatic heterocycles. The third-order valence-electron chi connectivity index (χ3n) is 22.4. The van der Waals surface area contributed by atoms with Crippen molar-refractivity contribution < 1.29 is 135 Å². The summed E-state index contributed by atoms with van der Waals surface area (Å²) in [4.78, 5) is 132. The average Bonchev–Trinajstić information content (AvgIpc) is 1.36. The number of phenolic OH excluding ortho intramolecular Hbond substituents is 3. The Kier molecular flexibility index (Phi) is 30.2. The second kappa shape index (κ2) is 40.3. The Morgan fingerprint density at radius 3 is 1.98 bits per heavy atom. The van der Waals surface area contributed by atoms with Crippen LogP contribution in [0, 0.1) is 5.92 Å². The molecule has 680 valence electrons. The number of ether oxygens (including phenoxy) is 8. The number of alkyl carbamates (subject to hydrolysis) is 1. The summed E-state index contributed by atoms with van der Waals surface area (Å²) >= 11 is 14.3. The number of unbranched alkanes of at least 4 members (excludes halogenated alkanes) is 4. The first kappa shape index (κ1) is 94.2. The highest BCUT2D eigenvalue weighted by atomic mass is 35.5. The molecule has 8 aliphatic rings. The van der Waals surface area contributed by atoms with E-state index in [4.69, 9.17) is 66.8 Å². The first-order valence-corrected chi connectivity index (χ1v) is 43.1. The maximum Gasteiger partial charge on any atom is 0.408 e. The lowest BCUT2D eigenvalue weighted by Gasteiger charge is -2.46. The van der Waals surface area contributed by atoms with Crippen LogP contribution in [0.15, 0.2) is 102 Å². The Hall–Kier alpha value is -11.0. The maximum atomic E-state index is 16.4. The third-order valence-corrected chi connectivity index (χ3v) is 24.4. The Labute approximate surface area is 732 Å². The summed E-state index contributed by atoms with van der Waals surface area (Å²) < 4.78 is 79.2. The van der Waals surface area contributed by atoms with E-state index in [-0.39, 0.29) is 70.8 Å². The molecule has 8 amide bonds. The number of likely N-dealkylation sites (N-methyl/N-ethyl adjacent to an activating group) is 1. The van der Waals surface area contributed by atoms with Crippen molar-refractivity contribution in [1.82, 2.24) is 52.6 Å². The minimum absolute atomic E-state index is 0.0327. The quantitative estimate of drug-likeness (QED) is 0.0311. The van der Waals surface area contributed by atoms with Gasteiger partial charge < -0.3 is 137 Å². The van der Waals surface area contributed by atoms with E-state index in [9.17, 15) is 73.6 Å². The van der Waals surface area contributed by atoms with Crippen LogP contribution in [0.5, 0.6) is 51.7 Å². The summed E-state index contributed by atoms with van der Waals surface area (Å²) in [5.74, 6) is -15.9. The lowest BCUT2D eigenvalue weighted by molar-refractivity contribution is -0.332. The number of hydrogen-bond donors (Lipinski definition) is 20. The van der Waals surface area contributed by atoms with Gasteiger partial charge in [-0.2, -0.15) is 0 Å². The van der Waals surface area contributed by atoms with E-state index in [1.54, 1.807) is 26.0 Å². The topological polar surface area (TPSA) is 590 Å². The molecular weight excluding hydrogens is 1710 g/mol. The molecule has 39 nitrogen and oxygen atoms in total. The first-order chi connectivity index (χ1) is 59.9. The van der Waals surface area contributed by atoms with Gasteiger partial charge in [-0.25, -0.2) is 22.7 Å². The monoisotopic (exact) mass is 1810 g/mol. The second-order valence-corrected chi connectivity index (χ2v) is 34.6. The molecule has 126 heavy (non-hydrogen) atoms. The molecule has 0 radical (unpaired) electrons. The number of aromatic hydroxyl groups is 3. The number of fused-ring (bicyclic) bond motifs is 16. The molecule has 18 atom stereocenters. The molecule has 14 rings (SSSR count). The van der Waals surface area contributed by atoms with Crippen molar-refractivity contribution >= 4 is 86.6 Å². The fraction of sp³-hybridized carbons (Fsp3) is 0.464. The van der Waals surface area contributed by atoms with Crippen molar-refractivity contribution in [3.8, 4) is 62.9 Å². The molecule has 42 heteroatoms. The minimum atomic E-state index is -3.90. The van der Waals surface area contributed by atoms with Gasteiger partial charge in [0.05, 0.1) is 57.8 Å². The molecule has 0 aliphatic carbocycles. The number of carboxylic acids is 1.